The van der Waals surface area contributed by atoms with Crippen molar-refractivity contribution in [3.8, 4) is 5.75 Å². The number of aliphatic carboxylic acids is 1. The molecule has 0 radical (unpaired) electrons. The van der Waals surface area contributed by atoms with Gasteiger partial charge in [0, 0.05) is 24.3 Å². The fourth-order valence-electron chi connectivity index (χ4n) is 3.20. The van der Waals surface area contributed by atoms with Crippen LogP contribution in [-0.2, 0) is 22.6 Å². The molecular formula is C21H23NO5S. The van der Waals surface area contributed by atoms with Crippen LogP contribution >= 0.6 is 11.3 Å². The van der Waals surface area contributed by atoms with Crippen molar-refractivity contribution in [2.45, 2.75) is 38.0 Å². The van der Waals surface area contributed by atoms with Crippen LogP contribution in [0.25, 0.3) is 0 Å². The fraction of sp³-hybridized carbons (Fsp3) is 0.333. The number of amides is 1. The van der Waals surface area contributed by atoms with Gasteiger partial charge in [0.05, 0.1) is 12.1 Å². The number of rotatable bonds is 9. The van der Waals surface area contributed by atoms with E-state index in [9.17, 15) is 14.7 Å². The van der Waals surface area contributed by atoms with Gasteiger partial charge in [-0.25, -0.2) is 4.79 Å². The van der Waals surface area contributed by atoms with Crippen LogP contribution in [-0.4, -0.2) is 45.7 Å². The molecule has 7 heteroatoms. The third kappa shape index (κ3) is 5.68. The van der Waals surface area contributed by atoms with E-state index in [0.29, 0.717) is 25.1 Å². The number of likely N-dealkylation sites (tertiary alicyclic amines) is 1. The maximum absolute atomic E-state index is 12.3. The third-order valence-corrected chi connectivity index (χ3v) is 5.43. The summed E-state index contributed by atoms with van der Waals surface area (Å²) in [6, 6.07) is 11.0. The highest BCUT2D eigenvalue weighted by Gasteiger charge is 2.29. The molecule has 1 amide bonds. The minimum Gasteiger partial charge on any atom is -0.482 e. The van der Waals surface area contributed by atoms with Crippen molar-refractivity contribution in [2.24, 2.45) is 0 Å². The highest BCUT2D eigenvalue weighted by Crippen LogP contribution is 2.24. The Morgan fingerprint density at radius 1 is 1.36 bits per heavy atom. The molecule has 2 N–H and O–H groups in total. The van der Waals surface area contributed by atoms with Crippen LogP contribution in [0.3, 0.4) is 0 Å². The van der Waals surface area contributed by atoms with Crippen LogP contribution in [0, 0.1) is 0 Å². The van der Waals surface area contributed by atoms with E-state index in [1.807, 2.05) is 29.7 Å². The number of aliphatic hydroxyl groups is 1. The summed E-state index contributed by atoms with van der Waals surface area (Å²) in [7, 11) is 0. The standard InChI is InChI=1S/C21H23NO5S/c23-17(12-19-5-2-10-28-19)8-6-16-7-9-20(24)22(16)13-15-3-1-4-18(11-15)27-14-21(25)26/h1-6,8,10-11,16-17,23H,7,9,12-14H2,(H,25,26)/b8-6+/t16-,17?/m0/s1. The highest BCUT2D eigenvalue weighted by molar-refractivity contribution is 7.09. The Kier molecular flexibility index (Phi) is 6.84. The molecule has 1 fully saturated rings. The van der Waals surface area contributed by atoms with Gasteiger partial charge >= 0.3 is 5.97 Å². The molecule has 1 unspecified atom stereocenters. The minimum atomic E-state index is -1.04. The van der Waals surface area contributed by atoms with Gasteiger partial charge in [-0.3, -0.25) is 4.79 Å². The van der Waals surface area contributed by atoms with E-state index in [1.165, 1.54) is 0 Å². The first-order chi connectivity index (χ1) is 13.5. The number of carboxylic acid groups (broad SMARTS) is 1. The number of hydrogen-bond donors (Lipinski definition) is 2. The summed E-state index contributed by atoms with van der Waals surface area (Å²) in [5.41, 5.74) is 0.871. The third-order valence-electron chi connectivity index (χ3n) is 4.53. The van der Waals surface area contributed by atoms with Gasteiger partial charge in [-0.05, 0) is 35.6 Å². The first kappa shape index (κ1) is 20.1. The zero-order chi connectivity index (χ0) is 19.9. The number of carbonyl (C=O) groups excluding carboxylic acids is 1. The summed E-state index contributed by atoms with van der Waals surface area (Å²) in [4.78, 5) is 25.9. The van der Waals surface area contributed by atoms with Crippen molar-refractivity contribution in [1.29, 1.82) is 0 Å². The Bertz CT molecular complexity index is 833. The number of ether oxygens (including phenoxy) is 1. The summed E-state index contributed by atoms with van der Waals surface area (Å²) in [6.07, 6.45) is 4.86. The first-order valence-corrected chi connectivity index (χ1v) is 10.0. The van der Waals surface area contributed by atoms with E-state index >= 15 is 0 Å². The van der Waals surface area contributed by atoms with Gasteiger partial charge < -0.3 is 19.8 Å². The predicted molar refractivity (Wildman–Crippen MR) is 106 cm³/mol. The average Bonchev–Trinajstić information content (AvgIpc) is 3.29. The monoisotopic (exact) mass is 401 g/mol. The lowest BCUT2D eigenvalue weighted by Crippen LogP contribution is -2.31. The van der Waals surface area contributed by atoms with Crippen LogP contribution in [0.5, 0.6) is 5.75 Å². The van der Waals surface area contributed by atoms with Gasteiger partial charge in [-0.1, -0.05) is 30.4 Å². The number of benzene rings is 1. The molecule has 2 atom stereocenters. The van der Waals surface area contributed by atoms with Crippen LogP contribution in [0.15, 0.2) is 53.9 Å². The first-order valence-electron chi connectivity index (χ1n) is 9.13. The van der Waals surface area contributed by atoms with E-state index in [0.717, 1.165) is 16.9 Å². The summed E-state index contributed by atoms with van der Waals surface area (Å²) in [6.45, 7) is 0.0126. The lowest BCUT2D eigenvalue weighted by molar-refractivity contribution is -0.139. The number of hydrogen-bond acceptors (Lipinski definition) is 5. The smallest absolute Gasteiger partial charge is 0.341 e. The minimum absolute atomic E-state index is 0.0610. The van der Waals surface area contributed by atoms with Crippen molar-refractivity contribution in [1.82, 2.24) is 4.90 Å². The number of carbonyl (C=O) groups is 2. The molecule has 1 saturated heterocycles. The van der Waals surface area contributed by atoms with Crippen molar-refractivity contribution in [2.75, 3.05) is 6.61 Å². The second kappa shape index (κ2) is 9.52. The molecule has 3 rings (SSSR count). The van der Waals surface area contributed by atoms with E-state index in [-0.39, 0.29) is 11.9 Å². The van der Waals surface area contributed by atoms with E-state index in [4.69, 9.17) is 9.84 Å². The second-order valence-electron chi connectivity index (χ2n) is 6.69. The Morgan fingerprint density at radius 3 is 2.96 bits per heavy atom. The fourth-order valence-corrected chi connectivity index (χ4v) is 3.95. The van der Waals surface area contributed by atoms with Gasteiger partial charge in [-0.2, -0.15) is 0 Å². The molecule has 0 aliphatic carbocycles. The SMILES string of the molecule is O=C(O)COc1cccc(CN2C(=O)CC[C@@H]2/C=C/C(O)Cc2cccs2)c1. The molecule has 0 bridgehead atoms. The van der Waals surface area contributed by atoms with Crippen molar-refractivity contribution >= 4 is 23.2 Å². The Labute approximate surface area is 167 Å². The summed E-state index contributed by atoms with van der Waals surface area (Å²) in [5.74, 6) is -0.504. The molecular weight excluding hydrogens is 378 g/mol. The molecule has 148 valence electrons. The molecule has 1 aromatic carbocycles. The Balaban J connectivity index is 1.61. The van der Waals surface area contributed by atoms with Gasteiger partial charge in [-0.15, -0.1) is 11.3 Å². The van der Waals surface area contributed by atoms with Crippen LogP contribution in [0.2, 0.25) is 0 Å². The molecule has 6 nitrogen and oxygen atoms in total. The lowest BCUT2D eigenvalue weighted by atomic mass is 10.1. The quantitative estimate of drug-likeness (QED) is 0.631. The van der Waals surface area contributed by atoms with E-state index < -0.39 is 18.7 Å². The van der Waals surface area contributed by atoms with Gasteiger partial charge in [0.1, 0.15) is 5.75 Å². The molecule has 1 aliphatic rings. The molecule has 0 spiro atoms. The van der Waals surface area contributed by atoms with Crippen LogP contribution in [0.4, 0.5) is 0 Å². The summed E-state index contributed by atoms with van der Waals surface area (Å²) < 4.78 is 5.21. The molecule has 2 heterocycles. The van der Waals surface area contributed by atoms with E-state index in [1.54, 1.807) is 40.5 Å². The number of carboxylic acids is 1. The molecule has 2 aromatic rings. The molecule has 1 aromatic heterocycles. The number of thiophene rings is 1. The average molecular weight is 401 g/mol. The zero-order valence-electron chi connectivity index (χ0n) is 15.4. The largest absolute Gasteiger partial charge is 0.482 e. The maximum Gasteiger partial charge on any atom is 0.341 e. The summed E-state index contributed by atoms with van der Waals surface area (Å²) >= 11 is 1.61. The van der Waals surface area contributed by atoms with Crippen molar-refractivity contribution in [3.05, 3.63) is 64.4 Å². The van der Waals surface area contributed by atoms with Crippen LogP contribution in [0.1, 0.15) is 23.3 Å². The number of aliphatic hydroxyl groups excluding tert-OH is 1. The second-order valence-corrected chi connectivity index (χ2v) is 7.73. The molecule has 28 heavy (non-hydrogen) atoms. The van der Waals surface area contributed by atoms with Crippen LogP contribution < -0.4 is 4.74 Å². The van der Waals surface area contributed by atoms with E-state index in [2.05, 4.69) is 0 Å². The number of nitrogens with zero attached hydrogens (tertiary/aromatic N) is 1. The summed E-state index contributed by atoms with van der Waals surface area (Å²) in [5, 5.41) is 20.9. The van der Waals surface area contributed by atoms with Gasteiger partial charge in [0.15, 0.2) is 6.61 Å². The zero-order valence-corrected chi connectivity index (χ0v) is 16.2. The molecule has 0 saturated carbocycles. The molecule has 1 aliphatic heterocycles. The lowest BCUT2D eigenvalue weighted by Gasteiger charge is -2.23. The van der Waals surface area contributed by atoms with Gasteiger partial charge in [0.25, 0.3) is 0 Å². The van der Waals surface area contributed by atoms with Crippen molar-refractivity contribution < 1.29 is 24.5 Å². The normalized spacial score (nSPS) is 18.0. The maximum atomic E-state index is 12.3. The predicted octanol–water partition coefficient (Wildman–Crippen LogP) is 2.86. The Hall–Kier alpha value is -2.64. The topological polar surface area (TPSA) is 87.1 Å². The van der Waals surface area contributed by atoms with Gasteiger partial charge in [0.2, 0.25) is 5.91 Å². The highest BCUT2D eigenvalue weighted by atomic mass is 32.1. The Morgan fingerprint density at radius 2 is 2.21 bits per heavy atom. The van der Waals surface area contributed by atoms with Crippen molar-refractivity contribution in [3.63, 3.8) is 0 Å².